The molecule has 0 fully saturated rings. The van der Waals surface area contributed by atoms with Crippen LogP contribution in [0.15, 0.2) is 60.7 Å². The van der Waals surface area contributed by atoms with Gasteiger partial charge in [-0.15, -0.1) is 0 Å². The van der Waals surface area contributed by atoms with Gasteiger partial charge in [-0.25, -0.2) is 0 Å². The van der Waals surface area contributed by atoms with Crippen LogP contribution in [0, 0.1) is 11.3 Å². The first-order valence-electron chi connectivity index (χ1n) is 8.63. The number of nitriles is 1. The summed E-state index contributed by atoms with van der Waals surface area (Å²) in [6, 6.07) is 21.3. The Hall–Kier alpha value is -3.36. The van der Waals surface area contributed by atoms with E-state index < -0.39 is 0 Å². The number of nitrogens with one attached hydrogen (secondary N) is 1. The molecule has 0 saturated carbocycles. The zero-order chi connectivity index (χ0) is 19.2. The molecule has 3 rings (SSSR count). The molecule has 0 aromatic heterocycles. The van der Waals surface area contributed by atoms with Crippen LogP contribution >= 0.6 is 0 Å². The van der Waals surface area contributed by atoms with Crippen molar-refractivity contribution in [3.8, 4) is 11.8 Å². The van der Waals surface area contributed by atoms with E-state index in [2.05, 4.69) is 29.6 Å². The number of benzene rings is 3. The van der Waals surface area contributed by atoms with Gasteiger partial charge in [-0.05, 0) is 53.7 Å². The van der Waals surface area contributed by atoms with Gasteiger partial charge < -0.3 is 10.1 Å². The number of likely N-dealkylation sites (N-methyl/N-ethyl adjacent to an activating group) is 1. The van der Waals surface area contributed by atoms with Crippen molar-refractivity contribution in [1.82, 2.24) is 4.90 Å². The molecule has 1 amide bonds. The highest BCUT2D eigenvalue weighted by Crippen LogP contribution is 2.22. The number of amides is 1. The second-order valence-corrected chi connectivity index (χ2v) is 6.43. The molecule has 5 heteroatoms. The predicted octanol–water partition coefficient (Wildman–Crippen LogP) is 3.79. The fraction of sp³-hybridized carbons (Fsp3) is 0.182. The molecule has 0 atom stereocenters. The Bertz CT molecular complexity index is 1010. The molecule has 0 bridgehead atoms. The van der Waals surface area contributed by atoms with Crippen molar-refractivity contribution in [2.45, 2.75) is 6.54 Å². The molecular formula is C22H21N3O2. The molecule has 27 heavy (non-hydrogen) atoms. The maximum atomic E-state index is 12.3. The molecule has 136 valence electrons. The van der Waals surface area contributed by atoms with Gasteiger partial charge in [-0.1, -0.05) is 30.3 Å². The Morgan fingerprint density at radius 3 is 2.63 bits per heavy atom. The van der Waals surface area contributed by atoms with Crippen molar-refractivity contribution in [3.05, 3.63) is 71.8 Å². The highest BCUT2D eigenvalue weighted by Gasteiger charge is 2.10. The molecule has 0 aliphatic heterocycles. The topological polar surface area (TPSA) is 65.4 Å². The molecule has 5 nitrogen and oxygen atoms in total. The first-order chi connectivity index (χ1) is 13.1. The lowest BCUT2D eigenvalue weighted by molar-refractivity contribution is -0.117. The quantitative estimate of drug-likeness (QED) is 0.727. The van der Waals surface area contributed by atoms with Crippen LogP contribution in [0.5, 0.6) is 5.75 Å². The van der Waals surface area contributed by atoms with Crippen LogP contribution in [-0.2, 0) is 11.3 Å². The Labute approximate surface area is 158 Å². The van der Waals surface area contributed by atoms with E-state index >= 15 is 0 Å². The van der Waals surface area contributed by atoms with Crippen LogP contribution in [0.3, 0.4) is 0 Å². The summed E-state index contributed by atoms with van der Waals surface area (Å²) in [5.74, 6) is 0.687. The second-order valence-electron chi connectivity index (χ2n) is 6.43. The third kappa shape index (κ3) is 4.63. The lowest BCUT2D eigenvalue weighted by Crippen LogP contribution is -2.30. The van der Waals surface area contributed by atoms with Gasteiger partial charge in [0.25, 0.3) is 0 Å². The zero-order valence-corrected chi connectivity index (χ0v) is 15.4. The van der Waals surface area contributed by atoms with Crippen LogP contribution in [0.2, 0.25) is 0 Å². The normalized spacial score (nSPS) is 10.6. The zero-order valence-electron chi connectivity index (χ0n) is 15.4. The fourth-order valence-electron chi connectivity index (χ4n) is 2.99. The molecule has 0 aliphatic carbocycles. The van der Waals surface area contributed by atoms with Crippen molar-refractivity contribution in [2.75, 3.05) is 26.0 Å². The number of hydrogen-bond donors (Lipinski definition) is 1. The van der Waals surface area contributed by atoms with Gasteiger partial charge in [0.2, 0.25) is 5.91 Å². The Morgan fingerprint density at radius 2 is 1.85 bits per heavy atom. The summed E-state index contributed by atoms with van der Waals surface area (Å²) in [4.78, 5) is 14.2. The lowest BCUT2D eigenvalue weighted by atomic mass is 10.1. The average Bonchev–Trinajstić information content (AvgIpc) is 2.67. The van der Waals surface area contributed by atoms with E-state index in [0.717, 1.165) is 22.1 Å². The molecule has 3 aromatic rings. The van der Waals surface area contributed by atoms with Gasteiger partial charge in [0, 0.05) is 6.54 Å². The van der Waals surface area contributed by atoms with Crippen LogP contribution < -0.4 is 10.1 Å². The van der Waals surface area contributed by atoms with E-state index in [9.17, 15) is 4.79 Å². The molecule has 3 aromatic carbocycles. The predicted molar refractivity (Wildman–Crippen MR) is 107 cm³/mol. The minimum Gasteiger partial charge on any atom is -0.497 e. The molecule has 0 heterocycles. The van der Waals surface area contributed by atoms with E-state index in [4.69, 9.17) is 10.00 Å². The minimum absolute atomic E-state index is 0.147. The van der Waals surface area contributed by atoms with Gasteiger partial charge in [-0.3, -0.25) is 9.69 Å². The van der Waals surface area contributed by atoms with E-state index in [1.54, 1.807) is 31.4 Å². The minimum atomic E-state index is -0.147. The molecule has 0 saturated heterocycles. The van der Waals surface area contributed by atoms with Crippen molar-refractivity contribution < 1.29 is 9.53 Å². The van der Waals surface area contributed by atoms with Crippen LogP contribution in [0.4, 0.5) is 5.69 Å². The number of rotatable bonds is 6. The standard InChI is InChI=1S/C22H21N3O2/c1-25(15-22(26)24-21-6-4-3-5-19(21)13-23)14-16-7-8-18-12-20(27-2)10-9-17(18)11-16/h3-12H,14-15H2,1-2H3,(H,24,26). The number of ether oxygens (including phenoxy) is 1. The number of nitrogens with zero attached hydrogens (tertiary/aromatic N) is 2. The number of anilines is 1. The van der Waals surface area contributed by atoms with Crippen molar-refractivity contribution in [1.29, 1.82) is 5.26 Å². The molecule has 0 aliphatic rings. The van der Waals surface area contributed by atoms with E-state index in [1.165, 1.54) is 0 Å². The summed E-state index contributed by atoms with van der Waals surface area (Å²) in [7, 11) is 3.55. The van der Waals surface area contributed by atoms with E-state index in [1.807, 2.05) is 30.1 Å². The highest BCUT2D eigenvalue weighted by atomic mass is 16.5. The number of methoxy groups -OCH3 is 1. The van der Waals surface area contributed by atoms with Crippen LogP contribution in [-0.4, -0.2) is 31.5 Å². The number of hydrogen-bond acceptors (Lipinski definition) is 4. The smallest absolute Gasteiger partial charge is 0.238 e. The third-order valence-electron chi connectivity index (χ3n) is 4.30. The first-order valence-corrected chi connectivity index (χ1v) is 8.63. The molecule has 0 unspecified atom stereocenters. The lowest BCUT2D eigenvalue weighted by Gasteiger charge is -2.17. The number of para-hydroxylation sites is 1. The number of fused-ring (bicyclic) bond motifs is 1. The summed E-state index contributed by atoms with van der Waals surface area (Å²) < 4.78 is 5.25. The van der Waals surface area contributed by atoms with Crippen molar-refractivity contribution in [2.24, 2.45) is 0 Å². The van der Waals surface area contributed by atoms with Gasteiger partial charge in [0.05, 0.1) is 24.9 Å². The molecule has 1 N–H and O–H groups in total. The maximum Gasteiger partial charge on any atom is 0.238 e. The average molecular weight is 359 g/mol. The summed E-state index contributed by atoms with van der Waals surface area (Å²) >= 11 is 0. The van der Waals surface area contributed by atoms with E-state index in [-0.39, 0.29) is 12.5 Å². The van der Waals surface area contributed by atoms with E-state index in [0.29, 0.717) is 17.8 Å². The van der Waals surface area contributed by atoms with Crippen molar-refractivity contribution >= 4 is 22.4 Å². The monoisotopic (exact) mass is 359 g/mol. The Balaban J connectivity index is 1.63. The van der Waals surface area contributed by atoms with Gasteiger partial charge in [0.15, 0.2) is 0 Å². The molecule has 0 spiro atoms. The summed E-state index contributed by atoms with van der Waals surface area (Å²) in [5.41, 5.74) is 2.12. The molecular weight excluding hydrogens is 338 g/mol. The fourth-order valence-corrected chi connectivity index (χ4v) is 2.99. The Kier molecular flexibility index (Phi) is 5.70. The summed E-state index contributed by atoms with van der Waals surface area (Å²) in [5, 5.41) is 14.2. The van der Waals surface area contributed by atoms with Crippen molar-refractivity contribution in [3.63, 3.8) is 0 Å². The van der Waals surface area contributed by atoms with Gasteiger partial charge in [-0.2, -0.15) is 5.26 Å². The SMILES string of the molecule is COc1ccc2cc(CN(C)CC(=O)Nc3ccccc3C#N)ccc2c1. The van der Waals surface area contributed by atoms with Crippen LogP contribution in [0.1, 0.15) is 11.1 Å². The summed E-state index contributed by atoms with van der Waals surface area (Å²) in [6.45, 7) is 0.885. The second kappa shape index (κ2) is 8.35. The maximum absolute atomic E-state index is 12.3. The largest absolute Gasteiger partial charge is 0.497 e. The third-order valence-corrected chi connectivity index (χ3v) is 4.30. The highest BCUT2D eigenvalue weighted by molar-refractivity contribution is 5.93. The number of carbonyl (C=O) groups excluding carboxylic acids is 1. The van der Waals surface area contributed by atoms with Gasteiger partial charge in [0.1, 0.15) is 11.8 Å². The molecule has 0 radical (unpaired) electrons. The van der Waals surface area contributed by atoms with Gasteiger partial charge >= 0.3 is 0 Å². The van der Waals surface area contributed by atoms with Crippen LogP contribution in [0.25, 0.3) is 10.8 Å². The Morgan fingerprint density at radius 1 is 1.11 bits per heavy atom. The first kappa shape index (κ1) is 18.4. The summed E-state index contributed by atoms with van der Waals surface area (Å²) in [6.07, 6.45) is 0. The number of carbonyl (C=O) groups is 1.